The highest BCUT2D eigenvalue weighted by atomic mass is 16.5. The molecular formula is C13H20N2O2. The predicted molar refractivity (Wildman–Crippen MR) is 68.6 cm³/mol. The van der Waals surface area contributed by atoms with E-state index in [1.54, 1.807) is 13.2 Å². The third kappa shape index (κ3) is 3.27. The fraction of sp³-hybridized carbons (Fsp3) is 0.538. The summed E-state index contributed by atoms with van der Waals surface area (Å²) in [6, 6.07) is 5.50. The summed E-state index contributed by atoms with van der Waals surface area (Å²) in [4.78, 5) is 2.42. The Bertz CT molecular complexity index is 362. The Labute approximate surface area is 102 Å². The molecule has 1 aromatic carbocycles. The van der Waals surface area contributed by atoms with Crippen molar-refractivity contribution < 1.29 is 9.47 Å². The van der Waals surface area contributed by atoms with Gasteiger partial charge in [-0.1, -0.05) is 0 Å². The van der Waals surface area contributed by atoms with E-state index in [1.165, 1.54) is 25.9 Å². The van der Waals surface area contributed by atoms with Gasteiger partial charge in [-0.05, 0) is 38.1 Å². The molecule has 4 nitrogen and oxygen atoms in total. The predicted octanol–water partition coefficient (Wildman–Crippen LogP) is 1.75. The Balaban J connectivity index is 1.81. The first kappa shape index (κ1) is 12.0. The van der Waals surface area contributed by atoms with Crippen LogP contribution in [0.15, 0.2) is 18.2 Å². The van der Waals surface area contributed by atoms with Crippen molar-refractivity contribution in [3.8, 4) is 11.5 Å². The number of rotatable bonds is 5. The number of ether oxygens (including phenoxy) is 2. The highest BCUT2D eigenvalue weighted by Gasteiger charge is 2.11. The zero-order valence-corrected chi connectivity index (χ0v) is 10.3. The van der Waals surface area contributed by atoms with Gasteiger partial charge in [-0.15, -0.1) is 0 Å². The fourth-order valence-electron chi connectivity index (χ4n) is 2.08. The van der Waals surface area contributed by atoms with E-state index in [0.29, 0.717) is 12.3 Å². The van der Waals surface area contributed by atoms with E-state index < -0.39 is 0 Å². The number of nitrogens with zero attached hydrogens (tertiary/aromatic N) is 1. The molecule has 0 amide bonds. The minimum Gasteiger partial charge on any atom is -0.497 e. The number of methoxy groups -OCH3 is 1. The van der Waals surface area contributed by atoms with Gasteiger partial charge >= 0.3 is 0 Å². The summed E-state index contributed by atoms with van der Waals surface area (Å²) in [7, 11) is 1.63. The molecule has 4 heteroatoms. The smallest absolute Gasteiger partial charge is 0.142 e. The summed E-state index contributed by atoms with van der Waals surface area (Å²) in [5.41, 5.74) is 6.50. The zero-order valence-electron chi connectivity index (χ0n) is 10.3. The van der Waals surface area contributed by atoms with Gasteiger partial charge in [0, 0.05) is 12.6 Å². The van der Waals surface area contributed by atoms with E-state index in [1.807, 2.05) is 12.1 Å². The summed E-state index contributed by atoms with van der Waals surface area (Å²) in [6.07, 6.45) is 2.62. The highest BCUT2D eigenvalue weighted by Crippen LogP contribution is 2.26. The molecule has 0 saturated carbocycles. The molecule has 94 valence electrons. The molecule has 2 rings (SSSR count). The minimum atomic E-state index is 0.630. The lowest BCUT2D eigenvalue weighted by molar-refractivity contribution is 0.238. The lowest BCUT2D eigenvalue weighted by Gasteiger charge is -2.15. The lowest BCUT2D eigenvalue weighted by atomic mass is 10.3. The maximum Gasteiger partial charge on any atom is 0.142 e. The molecule has 1 fully saturated rings. The number of hydrogen-bond donors (Lipinski definition) is 1. The molecule has 0 aliphatic carbocycles. The van der Waals surface area contributed by atoms with Gasteiger partial charge in [0.2, 0.25) is 0 Å². The van der Waals surface area contributed by atoms with E-state index in [4.69, 9.17) is 15.2 Å². The lowest BCUT2D eigenvalue weighted by Crippen LogP contribution is -2.25. The van der Waals surface area contributed by atoms with Crippen molar-refractivity contribution in [2.45, 2.75) is 12.8 Å². The molecule has 0 bridgehead atoms. The second-order valence-electron chi connectivity index (χ2n) is 4.30. The summed E-state index contributed by atoms with van der Waals surface area (Å²) < 4.78 is 10.8. The third-order valence-electron chi connectivity index (χ3n) is 3.08. The molecule has 1 aliphatic rings. The van der Waals surface area contributed by atoms with Crippen molar-refractivity contribution in [2.24, 2.45) is 0 Å². The van der Waals surface area contributed by atoms with Crippen LogP contribution in [-0.2, 0) is 0 Å². The van der Waals surface area contributed by atoms with Gasteiger partial charge in [0.05, 0.1) is 12.8 Å². The molecule has 1 saturated heterocycles. The summed E-state index contributed by atoms with van der Waals surface area (Å²) in [5, 5.41) is 0. The highest BCUT2D eigenvalue weighted by molar-refractivity contribution is 5.56. The van der Waals surface area contributed by atoms with Crippen LogP contribution in [0.1, 0.15) is 12.8 Å². The second kappa shape index (κ2) is 5.77. The van der Waals surface area contributed by atoms with Crippen molar-refractivity contribution in [1.82, 2.24) is 4.90 Å². The van der Waals surface area contributed by atoms with Gasteiger partial charge < -0.3 is 15.2 Å². The number of nitrogen functional groups attached to an aromatic ring is 1. The topological polar surface area (TPSA) is 47.7 Å². The van der Waals surface area contributed by atoms with Crippen molar-refractivity contribution in [3.63, 3.8) is 0 Å². The van der Waals surface area contributed by atoms with Crippen LogP contribution in [0, 0.1) is 0 Å². The molecule has 0 aromatic heterocycles. The summed E-state index contributed by atoms with van der Waals surface area (Å²) in [5.74, 6) is 1.50. The number of anilines is 1. The van der Waals surface area contributed by atoms with Gasteiger partial charge in [-0.25, -0.2) is 0 Å². The van der Waals surface area contributed by atoms with Crippen LogP contribution in [0.3, 0.4) is 0 Å². The fourth-order valence-corrected chi connectivity index (χ4v) is 2.08. The van der Waals surface area contributed by atoms with Crippen molar-refractivity contribution in [2.75, 3.05) is 39.1 Å². The van der Waals surface area contributed by atoms with Crippen LogP contribution >= 0.6 is 0 Å². The molecule has 0 atom stereocenters. The quantitative estimate of drug-likeness (QED) is 0.791. The Kier molecular flexibility index (Phi) is 4.09. The Morgan fingerprint density at radius 1 is 1.29 bits per heavy atom. The van der Waals surface area contributed by atoms with Crippen molar-refractivity contribution >= 4 is 5.69 Å². The van der Waals surface area contributed by atoms with Crippen LogP contribution in [0.25, 0.3) is 0 Å². The maximum atomic E-state index is 5.87. The number of likely N-dealkylation sites (tertiary alicyclic amines) is 1. The van der Waals surface area contributed by atoms with Crippen LogP contribution in [0.4, 0.5) is 5.69 Å². The molecule has 2 N–H and O–H groups in total. The normalized spacial score (nSPS) is 16.1. The van der Waals surface area contributed by atoms with Crippen molar-refractivity contribution in [1.29, 1.82) is 0 Å². The van der Waals surface area contributed by atoms with E-state index in [0.717, 1.165) is 18.0 Å². The standard InChI is InChI=1S/C13H20N2O2/c1-16-11-4-5-13(12(14)10-11)17-9-8-15-6-2-3-7-15/h4-5,10H,2-3,6-9,14H2,1H3. The Hall–Kier alpha value is -1.42. The van der Waals surface area contributed by atoms with Crippen LogP contribution < -0.4 is 15.2 Å². The largest absolute Gasteiger partial charge is 0.497 e. The molecule has 0 unspecified atom stereocenters. The van der Waals surface area contributed by atoms with Gasteiger partial charge in [-0.2, -0.15) is 0 Å². The average Bonchev–Trinajstić information content (AvgIpc) is 2.84. The van der Waals surface area contributed by atoms with Crippen molar-refractivity contribution in [3.05, 3.63) is 18.2 Å². The average molecular weight is 236 g/mol. The van der Waals surface area contributed by atoms with E-state index in [-0.39, 0.29) is 0 Å². The monoisotopic (exact) mass is 236 g/mol. The summed E-state index contributed by atoms with van der Waals surface area (Å²) >= 11 is 0. The maximum absolute atomic E-state index is 5.87. The van der Waals surface area contributed by atoms with Gasteiger partial charge in [-0.3, -0.25) is 4.90 Å². The molecule has 0 radical (unpaired) electrons. The third-order valence-corrected chi connectivity index (χ3v) is 3.08. The van der Waals surface area contributed by atoms with E-state index in [9.17, 15) is 0 Å². The van der Waals surface area contributed by atoms with E-state index >= 15 is 0 Å². The summed E-state index contributed by atoms with van der Waals surface area (Å²) in [6.45, 7) is 4.06. The molecule has 1 aromatic rings. The SMILES string of the molecule is COc1ccc(OCCN2CCCC2)c(N)c1. The first-order valence-electron chi connectivity index (χ1n) is 6.08. The molecule has 1 aliphatic heterocycles. The van der Waals surface area contributed by atoms with Crippen LogP contribution in [-0.4, -0.2) is 38.3 Å². The first-order chi connectivity index (χ1) is 8.29. The Morgan fingerprint density at radius 3 is 2.71 bits per heavy atom. The molecule has 17 heavy (non-hydrogen) atoms. The molecular weight excluding hydrogens is 216 g/mol. The van der Waals surface area contributed by atoms with Gasteiger partial charge in [0.15, 0.2) is 0 Å². The Morgan fingerprint density at radius 2 is 2.06 bits per heavy atom. The minimum absolute atomic E-state index is 0.630. The second-order valence-corrected chi connectivity index (χ2v) is 4.30. The van der Waals surface area contributed by atoms with Crippen LogP contribution in [0.2, 0.25) is 0 Å². The number of hydrogen-bond acceptors (Lipinski definition) is 4. The zero-order chi connectivity index (χ0) is 12.1. The van der Waals surface area contributed by atoms with Gasteiger partial charge in [0.1, 0.15) is 18.1 Å². The van der Waals surface area contributed by atoms with Crippen LogP contribution in [0.5, 0.6) is 11.5 Å². The van der Waals surface area contributed by atoms with E-state index in [2.05, 4.69) is 4.90 Å². The van der Waals surface area contributed by atoms with Gasteiger partial charge in [0.25, 0.3) is 0 Å². The first-order valence-corrected chi connectivity index (χ1v) is 6.08. The molecule has 0 spiro atoms. The number of benzene rings is 1. The number of nitrogens with two attached hydrogens (primary N) is 1. The molecule has 1 heterocycles.